The van der Waals surface area contributed by atoms with Crippen LogP contribution in [-0.2, 0) is 16.2 Å². The molecule has 62 heavy (non-hydrogen) atoms. The molecule has 1 heterocycles. The Morgan fingerprint density at radius 1 is 0.355 bits per heavy atom. The molecular formula is C60H54N2. The van der Waals surface area contributed by atoms with Crippen molar-refractivity contribution in [3.8, 4) is 39.1 Å². The third kappa shape index (κ3) is 5.42. The van der Waals surface area contributed by atoms with Crippen LogP contribution in [-0.4, -0.2) is 4.57 Å². The number of benzene rings is 8. The van der Waals surface area contributed by atoms with Gasteiger partial charge in [-0.25, -0.2) is 0 Å². The van der Waals surface area contributed by atoms with E-state index in [2.05, 4.69) is 247 Å². The minimum absolute atomic E-state index is 0.0148. The van der Waals surface area contributed by atoms with Crippen molar-refractivity contribution < 1.29 is 0 Å². The highest BCUT2D eigenvalue weighted by Gasteiger charge is 2.57. The smallest absolute Gasteiger partial charge is 0.0544 e. The Balaban J connectivity index is 1.04. The molecule has 2 heteroatoms. The second kappa shape index (κ2) is 13.4. The Bertz CT molecular complexity index is 3200. The molecule has 0 spiro atoms. The molecule has 0 fully saturated rings. The Morgan fingerprint density at radius 3 is 1.52 bits per heavy atom. The first-order chi connectivity index (χ1) is 29.8. The van der Waals surface area contributed by atoms with E-state index in [0.717, 1.165) is 17.1 Å². The zero-order valence-corrected chi connectivity index (χ0v) is 37.2. The summed E-state index contributed by atoms with van der Waals surface area (Å²) in [6.07, 6.45) is 0. The fourth-order valence-electron chi connectivity index (χ4n) is 11.1. The number of nitrogens with zero attached hydrogens (tertiary/aromatic N) is 2. The molecule has 0 atom stereocenters. The maximum atomic E-state index is 2.53. The van der Waals surface area contributed by atoms with Gasteiger partial charge in [-0.15, -0.1) is 0 Å². The van der Waals surface area contributed by atoms with Crippen LogP contribution in [0.1, 0.15) is 77.6 Å². The third-order valence-corrected chi connectivity index (χ3v) is 15.9. The molecule has 11 rings (SSSR count). The molecule has 0 saturated carbocycles. The van der Waals surface area contributed by atoms with Gasteiger partial charge in [0.25, 0.3) is 0 Å². The highest BCUT2D eigenvalue weighted by molar-refractivity contribution is 6.11. The highest BCUT2D eigenvalue weighted by atomic mass is 15.1. The van der Waals surface area contributed by atoms with E-state index in [9.17, 15) is 0 Å². The summed E-state index contributed by atoms with van der Waals surface area (Å²) in [6.45, 7) is 19.4. The molecule has 0 radical (unpaired) electrons. The van der Waals surface area contributed by atoms with Gasteiger partial charge < -0.3 is 9.47 Å². The fraction of sp³-hybridized carbons (Fsp3) is 0.200. The maximum absolute atomic E-state index is 2.53. The number of fused-ring (bicyclic) bond motifs is 7. The lowest BCUT2D eigenvalue weighted by Crippen LogP contribution is -2.42. The van der Waals surface area contributed by atoms with Crippen molar-refractivity contribution in [3.63, 3.8) is 0 Å². The molecule has 0 saturated heterocycles. The van der Waals surface area contributed by atoms with Gasteiger partial charge in [-0.05, 0) is 145 Å². The normalized spacial score (nSPS) is 16.3. The van der Waals surface area contributed by atoms with Crippen molar-refractivity contribution in [2.45, 2.75) is 71.6 Å². The van der Waals surface area contributed by atoms with E-state index in [1.165, 1.54) is 83.1 Å². The SMILES string of the molecule is CC1(C)c2ccccc2-c2ccc(N(c3ccc(-c4ccccc4)cc3)c3ccc(-c4ccc5c(c4)c4cc6c(cc4n5-c4ccccc4)C(C)(C)C(C)(C)C6(C)C)cc3)cc21. The average Bonchev–Trinajstić information content (AvgIpc) is 3.77. The van der Waals surface area contributed by atoms with Crippen molar-refractivity contribution in [3.05, 3.63) is 204 Å². The summed E-state index contributed by atoms with van der Waals surface area (Å²) in [6, 6.07) is 67.8. The molecule has 0 unspecified atom stereocenters. The van der Waals surface area contributed by atoms with Crippen LogP contribution in [0.2, 0.25) is 0 Å². The third-order valence-electron chi connectivity index (χ3n) is 15.9. The summed E-state index contributed by atoms with van der Waals surface area (Å²) in [5, 5.41) is 2.60. The topological polar surface area (TPSA) is 8.17 Å². The molecule has 2 nitrogen and oxygen atoms in total. The molecule has 2 aliphatic carbocycles. The first-order valence-electron chi connectivity index (χ1n) is 22.3. The van der Waals surface area contributed by atoms with E-state index in [4.69, 9.17) is 0 Å². The summed E-state index contributed by atoms with van der Waals surface area (Å²) in [7, 11) is 0. The monoisotopic (exact) mass is 802 g/mol. The molecular weight excluding hydrogens is 749 g/mol. The van der Waals surface area contributed by atoms with E-state index in [-0.39, 0.29) is 21.7 Å². The van der Waals surface area contributed by atoms with Crippen LogP contribution in [0.3, 0.4) is 0 Å². The molecule has 0 amide bonds. The average molecular weight is 803 g/mol. The number of aromatic nitrogens is 1. The van der Waals surface area contributed by atoms with Gasteiger partial charge in [0.05, 0.1) is 11.0 Å². The largest absolute Gasteiger partial charge is 0.310 e. The molecule has 9 aromatic rings. The lowest BCUT2D eigenvalue weighted by atomic mass is 9.59. The van der Waals surface area contributed by atoms with E-state index < -0.39 is 0 Å². The minimum atomic E-state index is -0.0981. The zero-order chi connectivity index (χ0) is 42.8. The van der Waals surface area contributed by atoms with Crippen LogP contribution in [0, 0.1) is 5.41 Å². The summed E-state index contributed by atoms with van der Waals surface area (Å²) in [4.78, 5) is 2.42. The van der Waals surface area contributed by atoms with Crippen molar-refractivity contribution >= 4 is 38.9 Å². The lowest BCUT2D eigenvalue weighted by Gasteiger charge is -2.44. The van der Waals surface area contributed by atoms with Gasteiger partial charge in [0.15, 0.2) is 0 Å². The van der Waals surface area contributed by atoms with Crippen LogP contribution in [0.5, 0.6) is 0 Å². The predicted octanol–water partition coefficient (Wildman–Crippen LogP) is 16.5. The van der Waals surface area contributed by atoms with Gasteiger partial charge in [0, 0.05) is 38.9 Å². The summed E-state index contributed by atoms with van der Waals surface area (Å²) < 4.78 is 2.48. The Morgan fingerprint density at radius 2 is 0.855 bits per heavy atom. The van der Waals surface area contributed by atoms with Crippen molar-refractivity contribution in [1.82, 2.24) is 4.57 Å². The number of hydrogen-bond acceptors (Lipinski definition) is 1. The van der Waals surface area contributed by atoms with Crippen LogP contribution >= 0.6 is 0 Å². The minimum Gasteiger partial charge on any atom is -0.310 e. The summed E-state index contributed by atoms with van der Waals surface area (Å²) in [5.41, 5.74) is 20.3. The number of hydrogen-bond donors (Lipinski definition) is 0. The number of rotatable bonds is 6. The number of para-hydroxylation sites is 1. The van der Waals surface area contributed by atoms with Gasteiger partial charge in [-0.1, -0.05) is 165 Å². The predicted molar refractivity (Wildman–Crippen MR) is 264 cm³/mol. The lowest BCUT2D eigenvalue weighted by molar-refractivity contribution is 0.125. The van der Waals surface area contributed by atoms with Crippen molar-refractivity contribution in [2.24, 2.45) is 5.41 Å². The van der Waals surface area contributed by atoms with E-state index in [1.807, 2.05) is 0 Å². The summed E-state index contributed by atoms with van der Waals surface area (Å²) in [5.74, 6) is 0. The Kier molecular flexibility index (Phi) is 8.29. The van der Waals surface area contributed by atoms with Gasteiger partial charge in [-0.3, -0.25) is 0 Å². The van der Waals surface area contributed by atoms with Gasteiger partial charge >= 0.3 is 0 Å². The van der Waals surface area contributed by atoms with Crippen LogP contribution in [0.15, 0.2) is 182 Å². The van der Waals surface area contributed by atoms with Crippen molar-refractivity contribution in [1.29, 1.82) is 0 Å². The maximum Gasteiger partial charge on any atom is 0.0544 e. The second-order valence-electron chi connectivity index (χ2n) is 19.9. The number of anilines is 3. The van der Waals surface area contributed by atoms with E-state index >= 15 is 0 Å². The van der Waals surface area contributed by atoms with Crippen LogP contribution in [0.4, 0.5) is 17.1 Å². The van der Waals surface area contributed by atoms with Gasteiger partial charge in [-0.2, -0.15) is 0 Å². The molecule has 304 valence electrons. The quantitative estimate of drug-likeness (QED) is 0.163. The molecule has 0 N–H and O–H groups in total. The van der Waals surface area contributed by atoms with Gasteiger partial charge in [0.2, 0.25) is 0 Å². The molecule has 2 aliphatic rings. The second-order valence-corrected chi connectivity index (χ2v) is 19.9. The zero-order valence-electron chi connectivity index (χ0n) is 37.2. The Labute approximate surface area is 367 Å². The molecule has 8 aromatic carbocycles. The first-order valence-corrected chi connectivity index (χ1v) is 22.3. The van der Waals surface area contributed by atoms with Crippen molar-refractivity contribution in [2.75, 3.05) is 4.90 Å². The van der Waals surface area contributed by atoms with Gasteiger partial charge in [0.1, 0.15) is 0 Å². The van der Waals surface area contributed by atoms with Crippen LogP contribution < -0.4 is 4.90 Å². The highest BCUT2D eigenvalue weighted by Crippen LogP contribution is 2.62. The molecule has 0 bridgehead atoms. The van der Waals surface area contributed by atoms with E-state index in [0.29, 0.717) is 0 Å². The molecule has 1 aromatic heterocycles. The standard InChI is InChI=1S/C60H54N2/c1-57(2)51-22-16-15-21-47(51)48-33-32-46(36-52(48)57)61(44-28-23-40(24-29-44)39-17-11-9-12-18-39)45-30-25-41(26-31-45)42-27-34-55-49(35-42)50-37-53-54(59(5,6)60(7,8)58(53,3)4)38-56(50)62(55)43-19-13-10-14-20-43/h9-38H,1-8H3. The molecule has 0 aliphatic heterocycles. The van der Waals surface area contributed by atoms with Crippen LogP contribution in [0.25, 0.3) is 60.9 Å². The fourth-order valence-corrected chi connectivity index (χ4v) is 11.1. The van der Waals surface area contributed by atoms with E-state index in [1.54, 1.807) is 0 Å². The first kappa shape index (κ1) is 38.3. The Hall–Kier alpha value is -6.64. The summed E-state index contributed by atoms with van der Waals surface area (Å²) >= 11 is 0.